The van der Waals surface area contributed by atoms with Crippen LogP contribution in [0.3, 0.4) is 0 Å². The van der Waals surface area contributed by atoms with Crippen molar-refractivity contribution in [2.75, 3.05) is 11.9 Å². The van der Waals surface area contributed by atoms with Gasteiger partial charge in [-0.3, -0.25) is 0 Å². The molecule has 2 aromatic rings. The van der Waals surface area contributed by atoms with E-state index in [2.05, 4.69) is 15.4 Å². The van der Waals surface area contributed by atoms with Crippen LogP contribution in [0.5, 0.6) is 0 Å². The molecule has 0 aliphatic heterocycles. The van der Waals surface area contributed by atoms with Crippen molar-refractivity contribution >= 4 is 11.6 Å². The monoisotopic (exact) mass is 230 g/mol. The van der Waals surface area contributed by atoms with Crippen LogP contribution in [0, 0.1) is 6.92 Å². The molecule has 0 amide bonds. The Morgan fingerprint density at radius 3 is 2.88 bits per heavy atom. The van der Waals surface area contributed by atoms with Gasteiger partial charge in [-0.1, -0.05) is 0 Å². The van der Waals surface area contributed by atoms with Gasteiger partial charge >= 0.3 is 6.18 Å². The molecule has 0 atom stereocenters. The van der Waals surface area contributed by atoms with Crippen molar-refractivity contribution in [3.63, 3.8) is 0 Å². The Balaban J connectivity index is 2.20. The molecule has 0 spiro atoms. The summed E-state index contributed by atoms with van der Waals surface area (Å²) in [6, 6.07) is 3.54. The van der Waals surface area contributed by atoms with Crippen LogP contribution < -0.4 is 5.32 Å². The maximum atomic E-state index is 11.9. The summed E-state index contributed by atoms with van der Waals surface area (Å²) >= 11 is 0. The lowest BCUT2D eigenvalue weighted by Gasteiger charge is -2.04. The van der Waals surface area contributed by atoms with Crippen LogP contribution in [0.1, 0.15) is 5.56 Å². The van der Waals surface area contributed by atoms with Gasteiger partial charge in [-0.25, -0.2) is 4.52 Å². The fourth-order valence-corrected chi connectivity index (χ4v) is 1.24. The first-order valence-corrected chi connectivity index (χ1v) is 4.58. The third kappa shape index (κ3) is 2.41. The Labute approximate surface area is 89.1 Å². The second-order valence-electron chi connectivity index (χ2n) is 3.41. The maximum Gasteiger partial charge on any atom is 0.405 e. The number of fused-ring (bicyclic) bond motifs is 1. The van der Waals surface area contributed by atoms with Crippen LogP contribution >= 0.6 is 0 Å². The van der Waals surface area contributed by atoms with E-state index in [9.17, 15) is 13.2 Å². The summed E-state index contributed by atoms with van der Waals surface area (Å²) < 4.78 is 37.2. The molecule has 1 N–H and O–H groups in total. The minimum absolute atomic E-state index is 0.0251. The van der Waals surface area contributed by atoms with E-state index in [4.69, 9.17) is 0 Å². The number of nitrogens with zero attached hydrogens (tertiary/aromatic N) is 3. The molecule has 0 radical (unpaired) electrons. The van der Waals surface area contributed by atoms with Gasteiger partial charge in [0.15, 0.2) is 5.65 Å². The fraction of sp³-hybridized carbons (Fsp3) is 0.333. The number of rotatable bonds is 2. The normalized spacial score (nSPS) is 12.0. The Morgan fingerprint density at radius 1 is 1.44 bits per heavy atom. The van der Waals surface area contributed by atoms with Crippen LogP contribution in [0.4, 0.5) is 19.1 Å². The highest BCUT2D eigenvalue weighted by molar-refractivity contribution is 5.45. The molecule has 2 rings (SSSR count). The summed E-state index contributed by atoms with van der Waals surface area (Å²) in [5.41, 5.74) is 1.49. The highest BCUT2D eigenvalue weighted by atomic mass is 19.4. The summed E-state index contributed by atoms with van der Waals surface area (Å²) in [7, 11) is 0. The van der Waals surface area contributed by atoms with Gasteiger partial charge < -0.3 is 5.32 Å². The van der Waals surface area contributed by atoms with Crippen LogP contribution in [0.15, 0.2) is 18.3 Å². The third-order valence-corrected chi connectivity index (χ3v) is 1.94. The Hall–Kier alpha value is -1.79. The molecule has 86 valence electrons. The Morgan fingerprint density at radius 2 is 2.19 bits per heavy atom. The standard InChI is InChI=1S/C9H9F3N4/c1-6-2-3-16-7(4-6)14-8(15-16)13-5-9(10,11)12/h2-4H,5H2,1H3,(H,13,15). The van der Waals surface area contributed by atoms with E-state index in [-0.39, 0.29) is 5.95 Å². The minimum Gasteiger partial charge on any atom is -0.344 e. The summed E-state index contributed by atoms with van der Waals surface area (Å²) in [4.78, 5) is 3.92. The van der Waals surface area contributed by atoms with Gasteiger partial charge in [0.1, 0.15) is 6.54 Å². The highest BCUT2D eigenvalue weighted by Crippen LogP contribution is 2.15. The summed E-state index contributed by atoms with van der Waals surface area (Å²) in [5.74, 6) is -0.0251. The molecule has 0 fully saturated rings. The first-order valence-electron chi connectivity index (χ1n) is 4.58. The van der Waals surface area contributed by atoms with Crippen molar-refractivity contribution in [1.82, 2.24) is 14.6 Å². The number of halogens is 3. The third-order valence-electron chi connectivity index (χ3n) is 1.94. The molecule has 0 saturated heterocycles. The molecule has 0 bridgehead atoms. The van der Waals surface area contributed by atoms with Gasteiger partial charge in [0, 0.05) is 6.20 Å². The lowest BCUT2D eigenvalue weighted by molar-refractivity contribution is -0.115. The summed E-state index contributed by atoms with van der Waals surface area (Å²) in [6.07, 6.45) is -2.62. The predicted molar refractivity (Wildman–Crippen MR) is 52.3 cm³/mol. The van der Waals surface area contributed by atoms with Crippen molar-refractivity contribution in [3.05, 3.63) is 23.9 Å². The molecule has 2 aromatic heterocycles. The lowest BCUT2D eigenvalue weighted by Crippen LogP contribution is -2.21. The topological polar surface area (TPSA) is 42.2 Å². The Kier molecular flexibility index (Phi) is 2.45. The van der Waals surface area contributed by atoms with E-state index >= 15 is 0 Å². The molecule has 4 nitrogen and oxygen atoms in total. The number of nitrogens with one attached hydrogen (secondary N) is 1. The van der Waals surface area contributed by atoms with Crippen molar-refractivity contribution in [3.8, 4) is 0 Å². The molecule has 0 aromatic carbocycles. The Bertz CT molecular complexity index is 503. The second-order valence-corrected chi connectivity index (χ2v) is 3.41. The first-order chi connectivity index (χ1) is 7.44. The number of alkyl halides is 3. The maximum absolute atomic E-state index is 11.9. The molecular formula is C9H9F3N4. The van der Waals surface area contributed by atoms with E-state index in [0.717, 1.165) is 5.56 Å². The molecule has 16 heavy (non-hydrogen) atoms. The van der Waals surface area contributed by atoms with Gasteiger partial charge in [-0.2, -0.15) is 18.2 Å². The van der Waals surface area contributed by atoms with Crippen LogP contribution in [0.2, 0.25) is 0 Å². The number of aromatic nitrogens is 3. The smallest absolute Gasteiger partial charge is 0.344 e. The number of pyridine rings is 1. The van der Waals surface area contributed by atoms with E-state index in [1.165, 1.54) is 4.52 Å². The van der Waals surface area contributed by atoms with E-state index < -0.39 is 12.7 Å². The number of hydrogen-bond donors (Lipinski definition) is 1. The summed E-state index contributed by atoms with van der Waals surface area (Å²) in [5, 5.41) is 5.98. The molecule has 0 saturated carbocycles. The van der Waals surface area contributed by atoms with Gasteiger partial charge in [0.25, 0.3) is 0 Å². The van der Waals surface area contributed by atoms with Gasteiger partial charge in [-0.15, -0.1) is 5.10 Å². The zero-order chi connectivity index (χ0) is 11.8. The van der Waals surface area contributed by atoms with E-state index in [1.807, 2.05) is 6.92 Å². The van der Waals surface area contributed by atoms with Gasteiger partial charge in [0.2, 0.25) is 5.95 Å². The van der Waals surface area contributed by atoms with Gasteiger partial charge in [-0.05, 0) is 24.6 Å². The zero-order valence-electron chi connectivity index (χ0n) is 8.41. The fourth-order valence-electron chi connectivity index (χ4n) is 1.24. The van der Waals surface area contributed by atoms with Crippen molar-refractivity contribution in [1.29, 1.82) is 0 Å². The largest absolute Gasteiger partial charge is 0.405 e. The number of anilines is 1. The second kappa shape index (κ2) is 3.66. The molecular weight excluding hydrogens is 221 g/mol. The predicted octanol–water partition coefficient (Wildman–Crippen LogP) is 2.01. The summed E-state index contributed by atoms with van der Waals surface area (Å²) in [6.45, 7) is 0.736. The SMILES string of the molecule is Cc1ccn2nc(NCC(F)(F)F)nc2c1. The van der Waals surface area contributed by atoms with Crippen LogP contribution in [-0.2, 0) is 0 Å². The first kappa shape index (κ1) is 10.7. The average molecular weight is 230 g/mol. The number of aryl methyl sites for hydroxylation is 1. The average Bonchev–Trinajstić information content (AvgIpc) is 2.55. The quantitative estimate of drug-likeness (QED) is 0.858. The minimum atomic E-state index is -4.27. The highest BCUT2D eigenvalue weighted by Gasteiger charge is 2.27. The van der Waals surface area contributed by atoms with Crippen molar-refractivity contribution in [2.24, 2.45) is 0 Å². The number of hydrogen-bond acceptors (Lipinski definition) is 3. The molecule has 7 heteroatoms. The van der Waals surface area contributed by atoms with Gasteiger partial charge in [0.05, 0.1) is 0 Å². The molecule has 0 aliphatic carbocycles. The van der Waals surface area contributed by atoms with E-state index in [1.54, 1.807) is 18.3 Å². The van der Waals surface area contributed by atoms with Crippen LogP contribution in [0.25, 0.3) is 5.65 Å². The van der Waals surface area contributed by atoms with Crippen molar-refractivity contribution < 1.29 is 13.2 Å². The molecule has 2 heterocycles. The zero-order valence-corrected chi connectivity index (χ0v) is 8.41. The van der Waals surface area contributed by atoms with Crippen LogP contribution in [-0.4, -0.2) is 27.3 Å². The van der Waals surface area contributed by atoms with Crippen molar-refractivity contribution in [2.45, 2.75) is 13.1 Å². The lowest BCUT2D eigenvalue weighted by atomic mass is 10.3. The molecule has 0 unspecified atom stereocenters. The van der Waals surface area contributed by atoms with E-state index in [0.29, 0.717) is 5.65 Å². The molecule has 0 aliphatic rings.